The average Bonchev–Trinajstić information content (AvgIpc) is 3.05. The topological polar surface area (TPSA) is 137 Å². The van der Waals surface area contributed by atoms with Gasteiger partial charge in [0.2, 0.25) is 5.88 Å². The highest BCUT2D eigenvalue weighted by molar-refractivity contribution is 5.38. The van der Waals surface area contributed by atoms with Crippen LogP contribution in [0.5, 0.6) is 5.88 Å². The van der Waals surface area contributed by atoms with Gasteiger partial charge in [-0.15, -0.1) is 5.10 Å². The molecule has 1 aromatic heterocycles. The van der Waals surface area contributed by atoms with Crippen LogP contribution < -0.4 is 4.74 Å². The Morgan fingerprint density at radius 1 is 1.16 bits per heavy atom. The molecule has 5 atom stereocenters. The monoisotopic (exact) mass is 458 g/mol. The van der Waals surface area contributed by atoms with E-state index in [-0.39, 0.29) is 35.0 Å². The van der Waals surface area contributed by atoms with Crippen molar-refractivity contribution in [1.82, 2.24) is 9.78 Å². The van der Waals surface area contributed by atoms with E-state index < -0.39 is 48.6 Å². The van der Waals surface area contributed by atoms with Crippen molar-refractivity contribution in [3.63, 3.8) is 0 Å². The van der Waals surface area contributed by atoms with Crippen LogP contribution in [0.15, 0.2) is 12.1 Å². The molecule has 0 saturated carbocycles. The van der Waals surface area contributed by atoms with Crippen LogP contribution >= 0.6 is 0 Å². The van der Waals surface area contributed by atoms with Gasteiger partial charge in [0.05, 0.1) is 6.61 Å². The summed E-state index contributed by atoms with van der Waals surface area (Å²) in [5, 5.41) is 54.7. The van der Waals surface area contributed by atoms with Crippen molar-refractivity contribution in [2.75, 3.05) is 6.61 Å². The summed E-state index contributed by atoms with van der Waals surface area (Å²) in [5.74, 6) is -5.13. The lowest BCUT2D eigenvalue weighted by atomic mass is 9.97. The van der Waals surface area contributed by atoms with Crippen molar-refractivity contribution < 1.29 is 43.8 Å². The van der Waals surface area contributed by atoms with Crippen LogP contribution in [0.25, 0.3) is 0 Å². The van der Waals surface area contributed by atoms with E-state index in [9.17, 15) is 34.3 Å². The van der Waals surface area contributed by atoms with Crippen LogP contribution in [0.4, 0.5) is 8.78 Å². The molecule has 1 aliphatic rings. The number of halogens is 2. The van der Waals surface area contributed by atoms with E-state index in [1.165, 1.54) is 23.7 Å². The third kappa shape index (κ3) is 4.24. The Morgan fingerprint density at radius 3 is 2.41 bits per heavy atom. The SMILES string of the molecule is Cc1ccc(Cc2c(OC3(O)O[C@H](CO)[C@@H](O)[C@@H](O)[C@H]3O)nn(C(C)C)c2C)c(F)c1F. The lowest BCUT2D eigenvalue weighted by molar-refractivity contribution is -0.423. The highest BCUT2D eigenvalue weighted by Gasteiger charge is 2.55. The number of hydrogen-bond donors (Lipinski definition) is 5. The second-order valence-electron chi connectivity index (χ2n) is 8.25. The number of rotatable bonds is 6. The van der Waals surface area contributed by atoms with Crippen molar-refractivity contribution in [3.05, 3.63) is 46.2 Å². The number of benzene rings is 1. The first-order chi connectivity index (χ1) is 14.9. The fourth-order valence-corrected chi connectivity index (χ4v) is 3.67. The Kier molecular flexibility index (Phi) is 6.89. The standard InChI is InChI=1S/C21H28F2N2O7/c1-9(2)25-11(4)13(7-12-6-5-10(3)15(22)16(12)23)20(24-25)32-21(30)19(29)18(28)17(27)14(8-26)31-21/h5-6,9,14,17-19,26-30H,7-8H2,1-4H3/t14-,17-,18-,19-,21?/m1/s1. The van der Waals surface area contributed by atoms with Gasteiger partial charge < -0.3 is 35.0 Å². The molecule has 1 unspecified atom stereocenters. The third-order valence-electron chi connectivity index (χ3n) is 5.62. The summed E-state index contributed by atoms with van der Waals surface area (Å²) in [6.45, 7) is 5.98. The van der Waals surface area contributed by atoms with Crippen molar-refractivity contribution >= 4 is 0 Å². The van der Waals surface area contributed by atoms with Gasteiger partial charge in [0.1, 0.15) is 18.3 Å². The van der Waals surface area contributed by atoms with Gasteiger partial charge in [0.25, 0.3) is 0 Å². The number of aliphatic hydroxyl groups is 5. The van der Waals surface area contributed by atoms with Crippen molar-refractivity contribution in [1.29, 1.82) is 0 Å². The first kappa shape index (κ1) is 24.5. The normalized spacial score (nSPS) is 28.4. The van der Waals surface area contributed by atoms with Crippen molar-refractivity contribution in [2.45, 2.75) is 70.5 Å². The number of hydrogen-bond acceptors (Lipinski definition) is 8. The molecular weight excluding hydrogens is 430 g/mol. The van der Waals surface area contributed by atoms with E-state index in [1.54, 1.807) is 6.92 Å². The van der Waals surface area contributed by atoms with Crippen LogP contribution in [0.2, 0.25) is 0 Å². The second-order valence-corrected chi connectivity index (χ2v) is 8.25. The summed E-state index contributed by atoms with van der Waals surface area (Å²) in [5.41, 5.74) is 0.980. The van der Waals surface area contributed by atoms with Crippen LogP contribution in [0.3, 0.4) is 0 Å². The molecule has 32 heavy (non-hydrogen) atoms. The minimum absolute atomic E-state index is 0.0187. The third-order valence-corrected chi connectivity index (χ3v) is 5.62. The summed E-state index contributed by atoms with van der Waals surface area (Å²) in [7, 11) is 0. The molecule has 2 heterocycles. The second kappa shape index (κ2) is 9.00. The molecule has 1 aromatic carbocycles. The number of nitrogens with zero attached hydrogens (tertiary/aromatic N) is 2. The number of aromatic nitrogens is 2. The number of ether oxygens (including phenoxy) is 2. The van der Waals surface area contributed by atoms with Gasteiger partial charge in [-0.2, -0.15) is 0 Å². The molecule has 5 N–H and O–H groups in total. The van der Waals surface area contributed by atoms with E-state index in [2.05, 4.69) is 5.10 Å². The molecule has 0 bridgehead atoms. The largest absolute Gasteiger partial charge is 0.417 e. The predicted molar refractivity (Wildman–Crippen MR) is 107 cm³/mol. The fourth-order valence-electron chi connectivity index (χ4n) is 3.67. The van der Waals surface area contributed by atoms with Crippen molar-refractivity contribution in [2.24, 2.45) is 0 Å². The van der Waals surface area contributed by atoms with E-state index >= 15 is 0 Å². The van der Waals surface area contributed by atoms with E-state index in [1.807, 2.05) is 13.8 Å². The minimum Gasteiger partial charge on any atom is -0.417 e. The lowest BCUT2D eigenvalue weighted by Gasteiger charge is -2.43. The zero-order valence-corrected chi connectivity index (χ0v) is 18.2. The molecule has 1 saturated heterocycles. The Labute approximate surface area is 183 Å². The Hall–Kier alpha value is -2.15. The predicted octanol–water partition coefficient (Wildman–Crippen LogP) is 0.449. The molecular formula is C21H28F2N2O7. The Morgan fingerprint density at radius 2 is 1.81 bits per heavy atom. The molecule has 0 amide bonds. The zero-order valence-electron chi connectivity index (χ0n) is 18.2. The summed E-state index contributed by atoms with van der Waals surface area (Å²) in [6.07, 6.45) is -7.31. The molecule has 11 heteroatoms. The molecule has 178 valence electrons. The van der Waals surface area contributed by atoms with Gasteiger partial charge in [0, 0.05) is 23.7 Å². The number of aryl methyl sites for hydroxylation is 1. The fraction of sp³-hybridized carbons (Fsp3) is 0.571. The van der Waals surface area contributed by atoms with Gasteiger partial charge in [-0.1, -0.05) is 12.1 Å². The first-order valence-electron chi connectivity index (χ1n) is 10.2. The van der Waals surface area contributed by atoms with Gasteiger partial charge in [-0.05, 0) is 38.8 Å². The van der Waals surface area contributed by atoms with Gasteiger partial charge >= 0.3 is 5.97 Å². The first-order valence-corrected chi connectivity index (χ1v) is 10.2. The average molecular weight is 458 g/mol. The number of aliphatic hydroxyl groups excluding tert-OH is 4. The summed E-state index contributed by atoms with van der Waals surface area (Å²) in [6, 6.07) is 2.68. The Bertz CT molecular complexity index is 982. The van der Waals surface area contributed by atoms with E-state index in [0.717, 1.165) is 0 Å². The highest BCUT2D eigenvalue weighted by Crippen LogP contribution is 2.35. The van der Waals surface area contributed by atoms with Crippen LogP contribution in [0.1, 0.15) is 42.3 Å². The molecule has 0 spiro atoms. The minimum atomic E-state index is -2.87. The lowest BCUT2D eigenvalue weighted by Crippen LogP contribution is -2.67. The van der Waals surface area contributed by atoms with Gasteiger partial charge in [0.15, 0.2) is 17.7 Å². The van der Waals surface area contributed by atoms with Gasteiger partial charge in [-0.25, -0.2) is 8.78 Å². The summed E-state index contributed by atoms with van der Waals surface area (Å²) >= 11 is 0. The van der Waals surface area contributed by atoms with Crippen LogP contribution in [-0.4, -0.2) is 72.3 Å². The molecule has 0 aliphatic carbocycles. The summed E-state index contributed by atoms with van der Waals surface area (Å²) < 4.78 is 40.7. The maximum atomic E-state index is 14.5. The van der Waals surface area contributed by atoms with E-state index in [4.69, 9.17) is 9.47 Å². The summed E-state index contributed by atoms with van der Waals surface area (Å²) in [4.78, 5) is 0. The highest BCUT2D eigenvalue weighted by atomic mass is 19.2. The smallest absolute Gasteiger partial charge is 0.356 e. The van der Waals surface area contributed by atoms with Crippen LogP contribution in [-0.2, 0) is 11.2 Å². The zero-order chi connectivity index (χ0) is 24.0. The van der Waals surface area contributed by atoms with Gasteiger partial charge in [-0.3, -0.25) is 4.68 Å². The maximum Gasteiger partial charge on any atom is 0.356 e. The molecule has 3 rings (SSSR count). The molecule has 9 nitrogen and oxygen atoms in total. The maximum absolute atomic E-state index is 14.5. The quantitative estimate of drug-likeness (QED) is 0.394. The van der Waals surface area contributed by atoms with E-state index in [0.29, 0.717) is 5.69 Å². The van der Waals surface area contributed by atoms with Crippen molar-refractivity contribution in [3.8, 4) is 5.88 Å². The van der Waals surface area contributed by atoms with Crippen LogP contribution in [0, 0.1) is 25.5 Å². The Balaban J connectivity index is 2.03. The molecule has 1 fully saturated rings. The molecule has 1 aliphatic heterocycles. The molecule has 0 radical (unpaired) electrons. The molecule has 2 aromatic rings.